The van der Waals surface area contributed by atoms with Crippen molar-refractivity contribution in [1.29, 1.82) is 0 Å². The Morgan fingerprint density at radius 1 is 1.41 bits per heavy atom. The van der Waals surface area contributed by atoms with Crippen molar-refractivity contribution in [2.45, 2.75) is 38.1 Å². The lowest BCUT2D eigenvalue weighted by Crippen LogP contribution is -2.29. The van der Waals surface area contributed by atoms with Gasteiger partial charge in [0.15, 0.2) is 5.82 Å². The van der Waals surface area contributed by atoms with Crippen LogP contribution < -0.4 is 5.73 Å². The monoisotopic (exact) mass is 253 g/mol. The fourth-order valence-electron chi connectivity index (χ4n) is 1.20. The molecule has 17 heavy (non-hydrogen) atoms. The second-order valence-corrected chi connectivity index (χ2v) is 4.23. The highest BCUT2D eigenvalue weighted by atomic mass is 19.4. The fraction of sp³-hybridized carbons (Fsp3) is 0.778. The molecule has 0 saturated carbocycles. The lowest BCUT2D eigenvalue weighted by molar-refractivity contribution is -0.159. The summed E-state index contributed by atoms with van der Waals surface area (Å²) in [5.41, 5.74) is 5.11. The third kappa shape index (κ3) is 3.67. The maximum atomic E-state index is 12.2. The molecule has 0 aliphatic heterocycles. The Morgan fingerprint density at radius 2 is 2.00 bits per heavy atom. The molecule has 0 fully saturated rings. The predicted octanol–water partition coefficient (Wildman–Crippen LogP) is 1.90. The molecule has 98 valence electrons. The molecule has 5 nitrogen and oxygen atoms in total. The minimum Gasteiger partial charge on any atom is -0.379 e. The molecule has 1 aromatic heterocycles. The van der Waals surface area contributed by atoms with E-state index in [4.69, 9.17) is 10.5 Å². The zero-order chi connectivity index (χ0) is 13.3. The summed E-state index contributed by atoms with van der Waals surface area (Å²) in [6.45, 7) is 3.52. The highest BCUT2D eigenvalue weighted by Crippen LogP contribution is 2.29. The summed E-state index contributed by atoms with van der Waals surface area (Å²) in [6.07, 6.45) is -4.37. The Kier molecular flexibility index (Phi) is 3.78. The minimum absolute atomic E-state index is 0.178. The standard InChI is InChI=1S/C9H14F3N3O2/c1-8(2,16-3)4-5(13)6-14-7(17-15-6)9(10,11)12/h5H,4,13H2,1-3H3. The second-order valence-electron chi connectivity index (χ2n) is 4.23. The van der Waals surface area contributed by atoms with Gasteiger partial charge in [-0.15, -0.1) is 0 Å². The molecule has 0 amide bonds. The Hall–Kier alpha value is -1.15. The fourth-order valence-corrected chi connectivity index (χ4v) is 1.20. The molecule has 0 aliphatic carbocycles. The van der Waals surface area contributed by atoms with E-state index < -0.39 is 23.7 Å². The van der Waals surface area contributed by atoms with Crippen LogP contribution in [0.15, 0.2) is 4.52 Å². The summed E-state index contributed by atoms with van der Waals surface area (Å²) in [5.74, 6) is -1.57. The average molecular weight is 253 g/mol. The van der Waals surface area contributed by atoms with Crippen molar-refractivity contribution in [2.24, 2.45) is 5.73 Å². The average Bonchev–Trinajstić information content (AvgIpc) is 2.65. The molecule has 0 bridgehead atoms. The first kappa shape index (κ1) is 13.9. The molecule has 0 radical (unpaired) electrons. The second kappa shape index (κ2) is 4.61. The number of alkyl halides is 3. The van der Waals surface area contributed by atoms with Crippen molar-refractivity contribution in [2.75, 3.05) is 7.11 Å². The van der Waals surface area contributed by atoms with E-state index >= 15 is 0 Å². The predicted molar refractivity (Wildman–Crippen MR) is 51.9 cm³/mol. The largest absolute Gasteiger partial charge is 0.471 e. The Labute approximate surface area is 96.1 Å². The van der Waals surface area contributed by atoms with Crippen LogP contribution in [0, 0.1) is 0 Å². The molecule has 0 saturated heterocycles. The maximum absolute atomic E-state index is 12.2. The van der Waals surface area contributed by atoms with Gasteiger partial charge in [0.25, 0.3) is 0 Å². The zero-order valence-electron chi connectivity index (χ0n) is 9.71. The highest BCUT2D eigenvalue weighted by molar-refractivity contribution is 4.97. The number of rotatable bonds is 4. The van der Waals surface area contributed by atoms with Crippen LogP contribution in [0.5, 0.6) is 0 Å². The topological polar surface area (TPSA) is 74.2 Å². The molecule has 0 aliphatic rings. The van der Waals surface area contributed by atoms with E-state index in [2.05, 4.69) is 14.7 Å². The highest BCUT2D eigenvalue weighted by Gasteiger charge is 2.39. The molecular formula is C9H14F3N3O2. The Balaban J connectivity index is 2.77. The summed E-state index contributed by atoms with van der Waals surface area (Å²) in [5, 5.41) is 3.21. The first-order chi connectivity index (χ1) is 7.65. The first-order valence-corrected chi connectivity index (χ1v) is 4.87. The van der Waals surface area contributed by atoms with Crippen LogP contribution in [0.3, 0.4) is 0 Å². The minimum atomic E-state index is -4.65. The molecule has 1 aromatic rings. The van der Waals surface area contributed by atoms with E-state index in [1.165, 1.54) is 7.11 Å². The van der Waals surface area contributed by atoms with E-state index in [0.717, 1.165) is 0 Å². The summed E-state index contributed by atoms with van der Waals surface area (Å²) in [4.78, 5) is 3.22. The van der Waals surface area contributed by atoms with E-state index in [1.807, 2.05) is 0 Å². The van der Waals surface area contributed by atoms with Crippen molar-refractivity contribution in [3.05, 3.63) is 11.7 Å². The molecule has 8 heteroatoms. The molecule has 2 N–H and O–H groups in total. The van der Waals surface area contributed by atoms with Gasteiger partial charge >= 0.3 is 12.1 Å². The SMILES string of the molecule is COC(C)(C)CC(N)c1noc(C(F)(F)F)n1. The number of nitrogens with two attached hydrogens (primary N) is 1. The third-order valence-corrected chi connectivity index (χ3v) is 2.28. The van der Waals surface area contributed by atoms with Gasteiger partial charge in [0, 0.05) is 7.11 Å². The number of aromatic nitrogens is 2. The number of halogens is 3. The molecule has 1 atom stereocenters. The molecule has 1 rings (SSSR count). The van der Waals surface area contributed by atoms with Gasteiger partial charge in [-0.2, -0.15) is 18.2 Å². The summed E-state index contributed by atoms with van der Waals surface area (Å²) < 4.78 is 45.8. The van der Waals surface area contributed by atoms with Crippen molar-refractivity contribution in [3.8, 4) is 0 Å². The molecular weight excluding hydrogens is 239 g/mol. The van der Waals surface area contributed by atoms with E-state index in [-0.39, 0.29) is 12.2 Å². The lowest BCUT2D eigenvalue weighted by Gasteiger charge is -2.24. The Morgan fingerprint density at radius 3 is 2.41 bits per heavy atom. The Bertz CT molecular complexity index is 376. The number of nitrogens with zero attached hydrogens (tertiary/aromatic N) is 2. The van der Waals surface area contributed by atoms with Gasteiger partial charge in [-0.1, -0.05) is 5.16 Å². The van der Waals surface area contributed by atoms with Crippen LogP contribution in [-0.4, -0.2) is 22.9 Å². The lowest BCUT2D eigenvalue weighted by atomic mass is 9.99. The molecule has 0 aromatic carbocycles. The van der Waals surface area contributed by atoms with Crippen molar-refractivity contribution < 1.29 is 22.4 Å². The molecule has 0 spiro atoms. The van der Waals surface area contributed by atoms with E-state index in [0.29, 0.717) is 0 Å². The van der Waals surface area contributed by atoms with Gasteiger partial charge in [-0.25, -0.2) is 0 Å². The number of ether oxygens (including phenoxy) is 1. The molecule has 1 heterocycles. The smallest absolute Gasteiger partial charge is 0.379 e. The van der Waals surface area contributed by atoms with Crippen molar-refractivity contribution >= 4 is 0 Å². The number of hydrogen-bond donors (Lipinski definition) is 1. The number of methoxy groups -OCH3 is 1. The normalized spacial score (nSPS) is 15.0. The quantitative estimate of drug-likeness (QED) is 0.887. The van der Waals surface area contributed by atoms with Crippen molar-refractivity contribution in [1.82, 2.24) is 10.1 Å². The van der Waals surface area contributed by atoms with Gasteiger partial charge < -0.3 is 15.0 Å². The van der Waals surface area contributed by atoms with Gasteiger partial charge in [-0.3, -0.25) is 0 Å². The zero-order valence-corrected chi connectivity index (χ0v) is 9.71. The van der Waals surface area contributed by atoms with Crippen LogP contribution in [0.4, 0.5) is 13.2 Å². The van der Waals surface area contributed by atoms with Crippen LogP contribution in [-0.2, 0) is 10.9 Å². The van der Waals surface area contributed by atoms with Gasteiger partial charge in [0.2, 0.25) is 0 Å². The van der Waals surface area contributed by atoms with Crippen LogP contribution in [0.25, 0.3) is 0 Å². The van der Waals surface area contributed by atoms with Gasteiger partial charge in [0.05, 0.1) is 11.6 Å². The van der Waals surface area contributed by atoms with E-state index in [9.17, 15) is 13.2 Å². The van der Waals surface area contributed by atoms with Crippen molar-refractivity contribution in [3.63, 3.8) is 0 Å². The van der Waals surface area contributed by atoms with E-state index in [1.54, 1.807) is 13.8 Å². The van der Waals surface area contributed by atoms with Gasteiger partial charge in [0.1, 0.15) is 0 Å². The number of hydrogen-bond acceptors (Lipinski definition) is 5. The van der Waals surface area contributed by atoms with Gasteiger partial charge in [-0.05, 0) is 20.3 Å². The third-order valence-electron chi connectivity index (χ3n) is 2.28. The summed E-state index contributed by atoms with van der Waals surface area (Å²) >= 11 is 0. The molecule has 1 unspecified atom stereocenters. The summed E-state index contributed by atoms with van der Waals surface area (Å²) in [7, 11) is 1.49. The first-order valence-electron chi connectivity index (χ1n) is 4.87. The maximum Gasteiger partial charge on any atom is 0.471 e. The van der Waals surface area contributed by atoms with Crippen LogP contribution in [0.2, 0.25) is 0 Å². The van der Waals surface area contributed by atoms with Crippen LogP contribution >= 0.6 is 0 Å². The summed E-state index contributed by atoms with van der Waals surface area (Å²) in [6, 6.07) is -0.773. The van der Waals surface area contributed by atoms with Crippen LogP contribution in [0.1, 0.15) is 38.0 Å².